The first kappa shape index (κ1) is 22.5. The highest BCUT2D eigenvalue weighted by Crippen LogP contribution is 2.41. The van der Waals surface area contributed by atoms with E-state index in [2.05, 4.69) is 72.8 Å². The summed E-state index contributed by atoms with van der Waals surface area (Å²) >= 11 is 3.50. The highest BCUT2D eigenvalue weighted by molar-refractivity contribution is 14.0. The van der Waals surface area contributed by atoms with Gasteiger partial charge in [0.1, 0.15) is 12.4 Å². The molecule has 0 spiro atoms. The number of nitrogens with one attached hydrogen (secondary N) is 2. The third kappa shape index (κ3) is 5.69. The highest BCUT2D eigenvalue weighted by atomic mass is 127. The third-order valence-corrected chi connectivity index (χ3v) is 5.77. The zero-order chi connectivity index (χ0) is 19.5. The average Bonchev–Trinajstić information content (AvgIpc) is 3.32. The van der Waals surface area contributed by atoms with Crippen LogP contribution in [-0.4, -0.2) is 46.5 Å². The van der Waals surface area contributed by atoms with Crippen molar-refractivity contribution >= 4 is 45.9 Å². The Morgan fingerprint density at radius 1 is 1.31 bits per heavy atom. The first-order valence-corrected chi connectivity index (χ1v) is 10.7. The van der Waals surface area contributed by atoms with Crippen LogP contribution in [0.4, 0.5) is 0 Å². The van der Waals surface area contributed by atoms with Gasteiger partial charge < -0.3 is 15.4 Å². The minimum absolute atomic E-state index is 0. The topological polar surface area (TPSA) is 76.4 Å². The monoisotopic (exact) mass is 574 g/mol. The molecule has 0 radical (unpaired) electrons. The van der Waals surface area contributed by atoms with Crippen LogP contribution in [0, 0.1) is 0 Å². The number of halogens is 2. The molecule has 1 fully saturated rings. The maximum absolute atomic E-state index is 5.15. The Kier molecular flexibility index (Phi) is 7.92. The van der Waals surface area contributed by atoms with Crippen molar-refractivity contribution in [3.63, 3.8) is 0 Å². The van der Waals surface area contributed by atoms with E-state index in [1.165, 1.54) is 5.56 Å². The maximum Gasteiger partial charge on any atom is 0.191 e. The van der Waals surface area contributed by atoms with Crippen LogP contribution < -0.4 is 10.6 Å². The summed E-state index contributed by atoms with van der Waals surface area (Å²) in [5, 5.41) is 11.8. The summed E-state index contributed by atoms with van der Waals surface area (Å²) < 4.78 is 8.27. The SMILES string of the molecule is CCN=C(NC1CCc2nc(COC)nn2C1)NC1CC1c1ccc(Br)cc1.I. The molecule has 2 aliphatic rings. The number of hydrogen-bond acceptors (Lipinski definition) is 4. The molecule has 1 aliphatic carbocycles. The molecule has 0 saturated heterocycles. The minimum atomic E-state index is 0. The molecule has 3 unspecified atom stereocenters. The van der Waals surface area contributed by atoms with Crippen LogP contribution in [0.15, 0.2) is 33.7 Å². The van der Waals surface area contributed by atoms with Crippen LogP contribution in [0.5, 0.6) is 0 Å². The van der Waals surface area contributed by atoms with Gasteiger partial charge in [-0.2, -0.15) is 5.10 Å². The van der Waals surface area contributed by atoms with E-state index in [-0.39, 0.29) is 24.0 Å². The second kappa shape index (κ2) is 10.2. The molecule has 9 heteroatoms. The van der Waals surface area contributed by atoms with Gasteiger partial charge in [0.15, 0.2) is 11.8 Å². The van der Waals surface area contributed by atoms with Crippen molar-refractivity contribution in [2.75, 3.05) is 13.7 Å². The van der Waals surface area contributed by atoms with Crippen molar-refractivity contribution in [3.8, 4) is 0 Å². The van der Waals surface area contributed by atoms with Gasteiger partial charge in [0.2, 0.25) is 0 Å². The highest BCUT2D eigenvalue weighted by Gasteiger charge is 2.39. The van der Waals surface area contributed by atoms with Gasteiger partial charge in [-0.05, 0) is 37.5 Å². The summed E-state index contributed by atoms with van der Waals surface area (Å²) in [5.74, 6) is 3.26. The molecule has 29 heavy (non-hydrogen) atoms. The number of ether oxygens (including phenoxy) is 1. The van der Waals surface area contributed by atoms with E-state index in [4.69, 9.17) is 4.74 Å². The lowest BCUT2D eigenvalue weighted by Gasteiger charge is -2.25. The molecule has 2 N–H and O–H groups in total. The molecule has 158 valence electrons. The van der Waals surface area contributed by atoms with Gasteiger partial charge in [0.05, 0.1) is 6.54 Å². The van der Waals surface area contributed by atoms with Crippen LogP contribution in [0.25, 0.3) is 0 Å². The Bertz CT molecular complexity index is 840. The predicted molar refractivity (Wildman–Crippen MR) is 128 cm³/mol. The summed E-state index contributed by atoms with van der Waals surface area (Å²) in [4.78, 5) is 9.20. The Labute approximate surface area is 197 Å². The Balaban J connectivity index is 0.00000240. The Hall–Kier alpha value is -1.20. The number of aromatic nitrogens is 3. The lowest BCUT2D eigenvalue weighted by molar-refractivity contribution is 0.177. The van der Waals surface area contributed by atoms with E-state index >= 15 is 0 Å². The Morgan fingerprint density at radius 2 is 2.10 bits per heavy atom. The first-order valence-electron chi connectivity index (χ1n) is 9.90. The van der Waals surface area contributed by atoms with E-state index in [9.17, 15) is 0 Å². The smallest absolute Gasteiger partial charge is 0.191 e. The molecule has 3 atom stereocenters. The van der Waals surface area contributed by atoms with Crippen LogP contribution in [0.1, 0.15) is 42.9 Å². The fraction of sp³-hybridized carbons (Fsp3) is 0.550. The van der Waals surface area contributed by atoms with E-state index in [1.807, 2.05) is 4.68 Å². The molecular formula is C20H28BrIN6O. The lowest BCUT2D eigenvalue weighted by atomic mass is 10.1. The molecule has 1 aromatic heterocycles. The van der Waals surface area contributed by atoms with Crippen LogP contribution in [0.2, 0.25) is 0 Å². The largest absolute Gasteiger partial charge is 0.377 e. The van der Waals surface area contributed by atoms with Crippen LogP contribution in [0.3, 0.4) is 0 Å². The van der Waals surface area contributed by atoms with E-state index < -0.39 is 0 Å². The number of hydrogen-bond donors (Lipinski definition) is 2. The predicted octanol–water partition coefficient (Wildman–Crippen LogP) is 3.23. The summed E-state index contributed by atoms with van der Waals surface area (Å²) in [5.41, 5.74) is 1.38. The van der Waals surface area contributed by atoms with Crippen LogP contribution >= 0.6 is 39.9 Å². The van der Waals surface area contributed by atoms with Crippen molar-refractivity contribution in [1.29, 1.82) is 0 Å². The summed E-state index contributed by atoms with van der Waals surface area (Å²) in [7, 11) is 1.67. The van der Waals surface area contributed by atoms with Crippen molar-refractivity contribution < 1.29 is 4.74 Å². The fourth-order valence-corrected chi connectivity index (χ4v) is 4.03. The minimum Gasteiger partial charge on any atom is -0.377 e. The van der Waals surface area contributed by atoms with Gasteiger partial charge in [-0.1, -0.05) is 28.1 Å². The molecule has 7 nitrogen and oxygen atoms in total. The summed E-state index contributed by atoms with van der Waals surface area (Å²) in [6, 6.07) is 9.36. The second-order valence-electron chi connectivity index (χ2n) is 7.41. The van der Waals surface area contributed by atoms with Gasteiger partial charge in [0, 0.05) is 42.5 Å². The van der Waals surface area contributed by atoms with Crippen molar-refractivity contribution in [3.05, 3.63) is 46.0 Å². The number of benzene rings is 1. The van der Waals surface area contributed by atoms with Gasteiger partial charge >= 0.3 is 0 Å². The maximum atomic E-state index is 5.15. The van der Waals surface area contributed by atoms with Crippen LogP contribution in [-0.2, 0) is 24.3 Å². The normalized spacial score (nSPS) is 23.1. The number of aliphatic imine (C=N–C) groups is 1. The van der Waals surface area contributed by atoms with E-state index in [1.54, 1.807) is 7.11 Å². The molecule has 2 aromatic rings. The number of fused-ring (bicyclic) bond motifs is 1. The van der Waals surface area contributed by atoms with Gasteiger partial charge in [0.25, 0.3) is 0 Å². The molecule has 1 saturated carbocycles. The van der Waals surface area contributed by atoms with Gasteiger partial charge in [-0.25, -0.2) is 9.67 Å². The number of guanidine groups is 1. The molecular weight excluding hydrogens is 547 g/mol. The zero-order valence-corrected chi connectivity index (χ0v) is 20.7. The van der Waals surface area contributed by atoms with Gasteiger partial charge in [-0.3, -0.25) is 4.99 Å². The molecule has 4 rings (SSSR count). The summed E-state index contributed by atoms with van der Waals surface area (Å²) in [6.07, 6.45) is 3.08. The van der Waals surface area contributed by atoms with Crippen molar-refractivity contribution in [2.45, 2.75) is 57.3 Å². The summed E-state index contributed by atoms with van der Waals surface area (Å²) in [6.45, 7) is 4.08. The average molecular weight is 575 g/mol. The molecule has 1 aromatic carbocycles. The van der Waals surface area contributed by atoms with Gasteiger partial charge in [-0.15, -0.1) is 24.0 Å². The quantitative estimate of drug-likeness (QED) is 0.315. The lowest BCUT2D eigenvalue weighted by Crippen LogP contribution is -2.48. The van der Waals surface area contributed by atoms with Crippen molar-refractivity contribution in [2.24, 2.45) is 4.99 Å². The van der Waals surface area contributed by atoms with E-state index in [0.717, 1.165) is 54.4 Å². The zero-order valence-electron chi connectivity index (χ0n) is 16.8. The molecule has 0 bridgehead atoms. The number of aryl methyl sites for hydroxylation is 1. The number of rotatable bonds is 6. The third-order valence-electron chi connectivity index (χ3n) is 5.24. The van der Waals surface area contributed by atoms with E-state index in [0.29, 0.717) is 24.6 Å². The molecule has 0 amide bonds. The standard InChI is InChI=1S/C20H27BrN6O.HI/c1-3-22-20(24-17-10-16(17)13-4-6-14(21)7-5-13)23-15-8-9-19-25-18(12-28-2)26-27(19)11-15;/h4-7,15-17H,3,8-12H2,1-2H3,(H2,22,23,24);1H. The fourth-order valence-electron chi connectivity index (χ4n) is 3.76. The second-order valence-corrected chi connectivity index (χ2v) is 8.32. The number of methoxy groups -OCH3 is 1. The Morgan fingerprint density at radius 3 is 2.83 bits per heavy atom. The van der Waals surface area contributed by atoms with Crippen molar-refractivity contribution in [1.82, 2.24) is 25.4 Å². The molecule has 1 aliphatic heterocycles. The molecule has 2 heterocycles. The first-order chi connectivity index (χ1) is 13.7. The number of nitrogens with zero attached hydrogens (tertiary/aromatic N) is 4.